The summed E-state index contributed by atoms with van der Waals surface area (Å²) >= 11 is 5.76. The minimum atomic E-state index is -0.565. The third-order valence-electron chi connectivity index (χ3n) is 4.38. The van der Waals surface area contributed by atoms with Crippen molar-refractivity contribution in [2.75, 3.05) is 10.6 Å². The fourth-order valence-electron chi connectivity index (χ4n) is 3.08. The molecule has 2 aromatic rings. The number of rotatable bonds is 5. The van der Waals surface area contributed by atoms with Crippen LogP contribution in [0.25, 0.3) is 0 Å². The number of aromatic nitrogens is 2. The molecule has 1 fully saturated rings. The highest BCUT2D eigenvalue weighted by Crippen LogP contribution is 2.33. The average Bonchev–Trinajstić information content (AvgIpc) is 2.87. The summed E-state index contributed by atoms with van der Waals surface area (Å²) in [6.45, 7) is 0. The van der Waals surface area contributed by atoms with Gasteiger partial charge in [-0.15, -0.1) is 0 Å². The lowest BCUT2D eigenvalue weighted by atomic mass is 10.1. The van der Waals surface area contributed by atoms with Crippen LogP contribution in [0.4, 0.5) is 27.4 Å². The Morgan fingerprint density at radius 3 is 2.50 bits per heavy atom. The van der Waals surface area contributed by atoms with Gasteiger partial charge < -0.3 is 10.6 Å². The maximum absolute atomic E-state index is 13.3. The minimum absolute atomic E-state index is 0.0313. The van der Waals surface area contributed by atoms with E-state index in [2.05, 4.69) is 20.6 Å². The zero-order valence-electron chi connectivity index (χ0n) is 14.0. The van der Waals surface area contributed by atoms with Crippen molar-refractivity contribution < 1.29 is 9.31 Å². The van der Waals surface area contributed by atoms with Gasteiger partial charge in [0.1, 0.15) is 12.1 Å². The Labute approximate surface area is 155 Å². The van der Waals surface area contributed by atoms with Crippen LogP contribution in [-0.2, 0) is 0 Å². The molecule has 0 radical (unpaired) electrons. The SMILES string of the molecule is O=[N+]([O-])c1c(Nc2ccc(F)c(Cl)c2)ncnc1NC1CCCCCC1. The fourth-order valence-corrected chi connectivity index (χ4v) is 3.26. The van der Waals surface area contributed by atoms with Crippen LogP contribution in [0.15, 0.2) is 24.5 Å². The molecular formula is C17H19ClFN5O2. The number of halogens is 2. The van der Waals surface area contributed by atoms with Crippen molar-refractivity contribution in [2.45, 2.75) is 44.6 Å². The Bertz CT molecular complexity index is 797. The Balaban J connectivity index is 1.87. The molecule has 0 atom stereocenters. The lowest BCUT2D eigenvalue weighted by Crippen LogP contribution is -2.20. The maximum Gasteiger partial charge on any atom is 0.353 e. The minimum Gasteiger partial charge on any atom is -0.361 e. The van der Waals surface area contributed by atoms with Gasteiger partial charge >= 0.3 is 5.69 Å². The predicted octanol–water partition coefficient (Wildman–Crippen LogP) is 5.06. The van der Waals surface area contributed by atoms with Gasteiger partial charge in [-0.3, -0.25) is 10.1 Å². The van der Waals surface area contributed by atoms with Gasteiger partial charge in [0, 0.05) is 11.7 Å². The van der Waals surface area contributed by atoms with Gasteiger partial charge in [0.25, 0.3) is 0 Å². The Morgan fingerprint density at radius 2 is 1.85 bits per heavy atom. The first-order chi connectivity index (χ1) is 12.5. The molecule has 138 valence electrons. The Hall–Kier alpha value is -2.48. The molecule has 0 amide bonds. The number of nitrogens with one attached hydrogen (secondary N) is 2. The van der Waals surface area contributed by atoms with Crippen molar-refractivity contribution in [3.63, 3.8) is 0 Å². The van der Waals surface area contributed by atoms with Crippen molar-refractivity contribution in [3.8, 4) is 0 Å². The van der Waals surface area contributed by atoms with Crippen LogP contribution in [0, 0.1) is 15.9 Å². The molecule has 0 bridgehead atoms. The molecule has 1 aromatic heterocycles. The van der Waals surface area contributed by atoms with Crippen molar-refractivity contribution in [1.82, 2.24) is 9.97 Å². The normalized spacial score (nSPS) is 15.3. The van der Waals surface area contributed by atoms with E-state index in [-0.39, 0.29) is 28.4 Å². The third-order valence-corrected chi connectivity index (χ3v) is 4.67. The summed E-state index contributed by atoms with van der Waals surface area (Å²) in [5.41, 5.74) is 0.163. The number of nitrogens with zero attached hydrogens (tertiary/aromatic N) is 3. The Morgan fingerprint density at radius 1 is 1.15 bits per heavy atom. The van der Waals surface area contributed by atoms with Crippen LogP contribution in [0.5, 0.6) is 0 Å². The second kappa shape index (κ2) is 8.27. The molecule has 0 spiro atoms. The van der Waals surface area contributed by atoms with E-state index in [0.717, 1.165) is 25.7 Å². The van der Waals surface area contributed by atoms with E-state index in [9.17, 15) is 14.5 Å². The van der Waals surface area contributed by atoms with Crippen LogP contribution < -0.4 is 10.6 Å². The van der Waals surface area contributed by atoms with Gasteiger partial charge in [0.2, 0.25) is 11.6 Å². The second-order valence-electron chi connectivity index (χ2n) is 6.26. The molecule has 1 aromatic carbocycles. The number of hydrogen-bond donors (Lipinski definition) is 2. The monoisotopic (exact) mass is 379 g/mol. The van der Waals surface area contributed by atoms with Gasteiger partial charge in [-0.1, -0.05) is 37.3 Å². The lowest BCUT2D eigenvalue weighted by Gasteiger charge is -2.17. The van der Waals surface area contributed by atoms with Gasteiger partial charge in [-0.2, -0.15) is 0 Å². The highest BCUT2D eigenvalue weighted by molar-refractivity contribution is 6.31. The fraction of sp³-hybridized carbons (Fsp3) is 0.412. The highest BCUT2D eigenvalue weighted by atomic mass is 35.5. The van der Waals surface area contributed by atoms with Gasteiger partial charge in [0.15, 0.2) is 0 Å². The molecule has 2 N–H and O–H groups in total. The molecule has 0 aliphatic heterocycles. The van der Waals surface area contributed by atoms with E-state index >= 15 is 0 Å². The van der Waals surface area contributed by atoms with Crippen LogP contribution in [0.1, 0.15) is 38.5 Å². The van der Waals surface area contributed by atoms with E-state index in [1.54, 1.807) is 0 Å². The van der Waals surface area contributed by atoms with Gasteiger partial charge in [-0.05, 0) is 31.0 Å². The molecule has 0 saturated heterocycles. The maximum atomic E-state index is 13.3. The van der Waals surface area contributed by atoms with E-state index in [0.29, 0.717) is 5.69 Å². The second-order valence-corrected chi connectivity index (χ2v) is 6.67. The number of hydrogen-bond acceptors (Lipinski definition) is 6. The van der Waals surface area contributed by atoms with Crippen molar-refractivity contribution >= 4 is 34.6 Å². The molecule has 1 aliphatic rings. The van der Waals surface area contributed by atoms with E-state index < -0.39 is 10.7 Å². The molecule has 1 heterocycles. The molecule has 0 unspecified atom stereocenters. The summed E-state index contributed by atoms with van der Waals surface area (Å²) in [6, 6.07) is 4.12. The zero-order valence-corrected chi connectivity index (χ0v) is 14.8. The molecule has 26 heavy (non-hydrogen) atoms. The first-order valence-electron chi connectivity index (χ1n) is 8.52. The third kappa shape index (κ3) is 4.37. The van der Waals surface area contributed by atoms with Gasteiger partial charge in [-0.25, -0.2) is 14.4 Å². The molecule has 7 nitrogen and oxygen atoms in total. The quantitative estimate of drug-likeness (QED) is 0.428. The topological polar surface area (TPSA) is 93.0 Å². The molecule has 1 saturated carbocycles. The van der Waals surface area contributed by atoms with E-state index in [4.69, 9.17) is 11.6 Å². The molecular weight excluding hydrogens is 361 g/mol. The molecule has 3 rings (SSSR count). The average molecular weight is 380 g/mol. The number of anilines is 3. The van der Waals surface area contributed by atoms with Crippen LogP contribution in [0.3, 0.4) is 0 Å². The summed E-state index contributed by atoms with van der Waals surface area (Å²) in [7, 11) is 0. The number of nitro groups is 1. The predicted molar refractivity (Wildman–Crippen MR) is 98.5 cm³/mol. The first-order valence-corrected chi connectivity index (χ1v) is 8.90. The summed E-state index contributed by atoms with van der Waals surface area (Å²) in [5, 5.41) is 17.6. The van der Waals surface area contributed by atoms with Crippen LogP contribution >= 0.6 is 11.6 Å². The summed E-state index contributed by atoms with van der Waals surface area (Å²) in [4.78, 5) is 19.1. The molecule has 1 aliphatic carbocycles. The van der Waals surface area contributed by atoms with E-state index in [1.807, 2.05) is 0 Å². The smallest absolute Gasteiger partial charge is 0.353 e. The number of benzene rings is 1. The largest absolute Gasteiger partial charge is 0.361 e. The standard InChI is InChI=1S/C17H19ClFN5O2/c18-13-9-12(7-8-14(13)19)23-17-15(24(25)26)16(20-10-21-17)22-11-5-3-1-2-4-6-11/h7-11H,1-6H2,(H2,20,21,22,23). The highest BCUT2D eigenvalue weighted by Gasteiger charge is 2.25. The van der Waals surface area contributed by atoms with E-state index in [1.165, 1.54) is 37.4 Å². The first kappa shape index (κ1) is 18.3. The van der Waals surface area contributed by atoms with Crippen LogP contribution in [-0.4, -0.2) is 20.9 Å². The Kier molecular flexibility index (Phi) is 5.82. The van der Waals surface area contributed by atoms with Crippen molar-refractivity contribution in [3.05, 3.63) is 45.5 Å². The van der Waals surface area contributed by atoms with Crippen LogP contribution in [0.2, 0.25) is 5.02 Å². The summed E-state index contributed by atoms with van der Waals surface area (Å²) in [5.74, 6) is -0.346. The zero-order chi connectivity index (χ0) is 18.5. The summed E-state index contributed by atoms with van der Waals surface area (Å²) < 4.78 is 13.3. The summed E-state index contributed by atoms with van der Waals surface area (Å²) in [6.07, 6.45) is 7.73. The van der Waals surface area contributed by atoms with Gasteiger partial charge in [0.05, 0.1) is 9.95 Å². The lowest BCUT2D eigenvalue weighted by molar-refractivity contribution is -0.383. The molecule has 9 heteroatoms. The van der Waals surface area contributed by atoms with Crippen molar-refractivity contribution in [2.24, 2.45) is 0 Å². The van der Waals surface area contributed by atoms with Crippen molar-refractivity contribution in [1.29, 1.82) is 0 Å².